The van der Waals surface area contributed by atoms with E-state index in [2.05, 4.69) is 9.71 Å². The zero-order valence-corrected chi connectivity index (χ0v) is 13.5. The van der Waals surface area contributed by atoms with Crippen LogP contribution in [0.2, 0.25) is 0 Å². The zero-order valence-electron chi connectivity index (χ0n) is 12.6. The van der Waals surface area contributed by atoms with Crippen molar-refractivity contribution in [1.82, 2.24) is 9.62 Å². The molecule has 1 aliphatic heterocycles. The van der Waals surface area contributed by atoms with Gasteiger partial charge in [0.1, 0.15) is 0 Å². The summed E-state index contributed by atoms with van der Waals surface area (Å²) in [5, 5.41) is 0.532. The van der Waals surface area contributed by atoms with Crippen molar-refractivity contribution in [2.45, 2.75) is 12.7 Å². The van der Waals surface area contributed by atoms with Gasteiger partial charge in [0.15, 0.2) is 16.8 Å². The van der Waals surface area contributed by atoms with Crippen molar-refractivity contribution in [1.29, 1.82) is 0 Å². The maximum atomic E-state index is 13.3. The lowest BCUT2D eigenvalue weighted by Crippen LogP contribution is -2.25. The van der Waals surface area contributed by atoms with Crippen molar-refractivity contribution in [2.24, 2.45) is 4.99 Å². The first-order valence-electron chi connectivity index (χ1n) is 7.17. The van der Waals surface area contributed by atoms with Gasteiger partial charge in [0.2, 0.25) is 0 Å². The molecule has 1 aliphatic rings. The van der Waals surface area contributed by atoms with Crippen LogP contribution in [0.15, 0.2) is 47.5 Å². The Morgan fingerprint density at radius 3 is 2.40 bits per heavy atom. The maximum Gasteiger partial charge on any atom is 0.416 e. The highest BCUT2D eigenvalue weighted by Gasteiger charge is 2.30. The molecule has 3 nitrogen and oxygen atoms in total. The third-order valence-corrected chi connectivity index (χ3v) is 4.27. The van der Waals surface area contributed by atoms with E-state index in [1.165, 1.54) is 30.1 Å². The molecule has 1 saturated heterocycles. The monoisotopic (exact) mass is 373 g/mol. The quantitative estimate of drug-likeness (QED) is 0.625. The average molecular weight is 373 g/mol. The van der Waals surface area contributed by atoms with Gasteiger partial charge in [-0.2, -0.15) is 13.2 Å². The number of rotatable bonds is 3. The molecule has 25 heavy (non-hydrogen) atoms. The van der Waals surface area contributed by atoms with E-state index in [1.807, 2.05) is 0 Å². The molecule has 0 saturated carbocycles. The van der Waals surface area contributed by atoms with Gasteiger partial charge in [0, 0.05) is 6.54 Å². The van der Waals surface area contributed by atoms with E-state index >= 15 is 0 Å². The summed E-state index contributed by atoms with van der Waals surface area (Å²) in [6.07, 6.45) is -4.39. The molecule has 2 aromatic rings. The van der Waals surface area contributed by atoms with Crippen LogP contribution >= 0.6 is 11.9 Å². The third-order valence-electron chi connectivity index (χ3n) is 3.47. The standard InChI is InChI=1S/C16H12F5N3S/c17-13-6-1-10(7-14(13)18)8-24-9-22-25-15(24)23-12-4-2-11(3-5-12)16(19,20)21/h1-7,22H,8-9H2. The Morgan fingerprint density at radius 1 is 1.04 bits per heavy atom. The van der Waals surface area contributed by atoms with E-state index in [-0.39, 0.29) is 6.54 Å². The molecule has 0 amide bonds. The summed E-state index contributed by atoms with van der Waals surface area (Å²) in [5.74, 6) is -1.85. The molecule has 0 spiro atoms. The van der Waals surface area contributed by atoms with Crippen molar-refractivity contribution in [3.8, 4) is 0 Å². The first-order chi connectivity index (χ1) is 11.8. The molecular weight excluding hydrogens is 361 g/mol. The number of aliphatic imine (C=N–C) groups is 1. The minimum Gasteiger partial charge on any atom is -0.332 e. The van der Waals surface area contributed by atoms with Crippen molar-refractivity contribution in [3.63, 3.8) is 0 Å². The first kappa shape index (κ1) is 17.7. The summed E-state index contributed by atoms with van der Waals surface area (Å²) >= 11 is 1.22. The Morgan fingerprint density at radius 2 is 1.76 bits per heavy atom. The van der Waals surface area contributed by atoms with Gasteiger partial charge in [-0.25, -0.2) is 18.5 Å². The molecule has 0 radical (unpaired) electrons. The molecule has 0 aliphatic carbocycles. The van der Waals surface area contributed by atoms with Crippen LogP contribution in [0.1, 0.15) is 11.1 Å². The number of benzene rings is 2. The molecule has 0 bridgehead atoms. The second-order valence-electron chi connectivity index (χ2n) is 5.29. The van der Waals surface area contributed by atoms with Gasteiger partial charge in [0.05, 0.1) is 17.9 Å². The van der Waals surface area contributed by atoms with E-state index in [1.54, 1.807) is 4.90 Å². The maximum absolute atomic E-state index is 13.3. The Balaban J connectivity index is 1.76. The second-order valence-corrected chi connectivity index (χ2v) is 6.15. The van der Waals surface area contributed by atoms with Crippen LogP contribution in [-0.2, 0) is 12.7 Å². The minimum atomic E-state index is -4.39. The topological polar surface area (TPSA) is 27.6 Å². The van der Waals surface area contributed by atoms with E-state index in [0.717, 1.165) is 24.3 Å². The van der Waals surface area contributed by atoms with Gasteiger partial charge in [-0.15, -0.1) is 0 Å². The Labute approximate surface area is 144 Å². The van der Waals surface area contributed by atoms with Crippen molar-refractivity contribution in [2.75, 3.05) is 6.67 Å². The first-order valence-corrected chi connectivity index (χ1v) is 7.99. The Bertz CT molecular complexity index is 789. The van der Waals surface area contributed by atoms with Gasteiger partial charge in [-0.3, -0.25) is 0 Å². The Kier molecular flexibility index (Phi) is 4.96. The van der Waals surface area contributed by atoms with E-state index in [4.69, 9.17) is 0 Å². The predicted molar refractivity (Wildman–Crippen MR) is 86.0 cm³/mol. The van der Waals surface area contributed by atoms with E-state index in [0.29, 0.717) is 23.1 Å². The molecule has 0 atom stereocenters. The third kappa shape index (κ3) is 4.29. The number of nitrogens with one attached hydrogen (secondary N) is 1. The number of nitrogens with zero attached hydrogens (tertiary/aromatic N) is 2. The van der Waals surface area contributed by atoms with Gasteiger partial charge in [0.25, 0.3) is 0 Å². The van der Waals surface area contributed by atoms with Gasteiger partial charge in [-0.1, -0.05) is 6.07 Å². The molecule has 2 aromatic carbocycles. The fourth-order valence-corrected chi connectivity index (χ4v) is 2.98. The number of hydrogen-bond donors (Lipinski definition) is 1. The molecule has 1 fully saturated rings. The second kappa shape index (κ2) is 7.01. The summed E-state index contributed by atoms with van der Waals surface area (Å²) in [6.45, 7) is 0.708. The number of alkyl halides is 3. The molecule has 0 aromatic heterocycles. The summed E-state index contributed by atoms with van der Waals surface area (Å²) in [5.41, 5.74) is 0.185. The highest BCUT2D eigenvalue weighted by molar-refractivity contribution is 8.12. The van der Waals surface area contributed by atoms with E-state index < -0.39 is 23.4 Å². The molecule has 132 valence electrons. The average Bonchev–Trinajstić information content (AvgIpc) is 2.97. The van der Waals surface area contributed by atoms with Crippen molar-refractivity contribution in [3.05, 3.63) is 65.2 Å². The van der Waals surface area contributed by atoms with Crippen LogP contribution in [0.25, 0.3) is 0 Å². The number of hydrogen-bond acceptors (Lipinski definition) is 3. The van der Waals surface area contributed by atoms with Gasteiger partial charge >= 0.3 is 6.18 Å². The number of halogens is 5. The highest BCUT2D eigenvalue weighted by atomic mass is 32.2. The summed E-state index contributed by atoms with van der Waals surface area (Å²) in [7, 11) is 0. The van der Waals surface area contributed by atoms with Crippen LogP contribution < -0.4 is 4.72 Å². The van der Waals surface area contributed by atoms with Crippen LogP contribution in [0, 0.1) is 11.6 Å². The lowest BCUT2D eigenvalue weighted by atomic mass is 10.2. The lowest BCUT2D eigenvalue weighted by molar-refractivity contribution is -0.137. The SMILES string of the molecule is Fc1ccc(CN2CNSC2=Nc2ccc(C(F)(F)F)cc2)cc1F. The normalized spacial score (nSPS) is 16.7. The van der Waals surface area contributed by atoms with Crippen LogP contribution in [0.3, 0.4) is 0 Å². The smallest absolute Gasteiger partial charge is 0.332 e. The summed E-state index contributed by atoms with van der Waals surface area (Å²) in [6, 6.07) is 8.12. The predicted octanol–water partition coefficient (Wildman–Crippen LogP) is 4.68. The summed E-state index contributed by atoms with van der Waals surface area (Å²) in [4.78, 5) is 6.08. The van der Waals surface area contributed by atoms with Crippen LogP contribution in [0.4, 0.5) is 27.6 Å². The number of amidine groups is 1. The molecule has 3 rings (SSSR count). The lowest BCUT2D eigenvalue weighted by Gasteiger charge is -2.17. The minimum absolute atomic E-state index is 0.288. The highest BCUT2D eigenvalue weighted by Crippen LogP contribution is 2.31. The largest absolute Gasteiger partial charge is 0.416 e. The van der Waals surface area contributed by atoms with Crippen molar-refractivity contribution >= 4 is 22.8 Å². The van der Waals surface area contributed by atoms with E-state index in [9.17, 15) is 22.0 Å². The van der Waals surface area contributed by atoms with Crippen LogP contribution in [0.5, 0.6) is 0 Å². The van der Waals surface area contributed by atoms with Crippen molar-refractivity contribution < 1.29 is 22.0 Å². The molecular formula is C16H12F5N3S. The fraction of sp³-hybridized carbons (Fsp3) is 0.188. The zero-order chi connectivity index (χ0) is 18.0. The molecule has 9 heteroatoms. The molecule has 0 unspecified atom stereocenters. The van der Waals surface area contributed by atoms with Crippen LogP contribution in [-0.4, -0.2) is 16.7 Å². The van der Waals surface area contributed by atoms with Gasteiger partial charge in [-0.05, 0) is 53.9 Å². The summed E-state index contributed by atoms with van der Waals surface area (Å²) < 4.78 is 67.0. The fourth-order valence-electron chi connectivity index (χ4n) is 2.22. The molecule has 1 heterocycles. The van der Waals surface area contributed by atoms with Gasteiger partial charge < -0.3 is 4.90 Å². The Hall–Kier alpha value is -2.13. The molecule has 1 N–H and O–H groups in total.